The molecule has 1 aromatic rings. The standard InChI is InChI=1S/C14H20ClNO4/c1-6-14(2,20-5)13(17)16-10-8-11(18-3)9(15)7-12(10)19-4/h7-8H,6H2,1-5H3,(H,16,17). The van der Waals surface area contributed by atoms with Gasteiger partial charge in [-0.25, -0.2) is 0 Å². The first kappa shape index (κ1) is 16.6. The molecular weight excluding hydrogens is 282 g/mol. The monoisotopic (exact) mass is 301 g/mol. The van der Waals surface area contributed by atoms with E-state index in [1.807, 2.05) is 6.92 Å². The van der Waals surface area contributed by atoms with Gasteiger partial charge in [-0.05, 0) is 13.3 Å². The summed E-state index contributed by atoms with van der Waals surface area (Å²) in [7, 11) is 4.51. The highest BCUT2D eigenvalue weighted by Crippen LogP contribution is 2.36. The first-order valence-corrected chi connectivity index (χ1v) is 6.57. The van der Waals surface area contributed by atoms with Crippen molar-refractivity contribution in [2.45, 2.75) is 25.9 Å². The number of hydrogen-bond donors (Lipinski definition) is 1. The Balaban J connectivity index is 3.11. The van der Waals surface area contributed by atoms with Gasteiger partial charge >= 0.3 is 0 Å². The summed E-state index contributed by atoms with van der Waals surface area (Å²) in [5, 5.41) is 3.19. The zero-order valence-electron chi connectivity index (χ0n) is 12.4. The van der Waals surface area contributed by atoms with Crippen LogP contribution in [-0.4, -0.2) is 32.8 Å². The molecule has 0 bridgehead atoms. The molecule has 20 heavy (non-hydrogen) atoms. The van der Waals surface area contributed by atoms with Crippen LogP contribution in [0, 0.1) is 0 Å². The summed E-state index contributed by atoms with van der Waals surface area (Å²) in [6.07, 6.45) is 0.544. The van der Waals surface area contributed by atoms with Crippen molar-refractivity contribution >= 4 is 23.2 Å². The Bertz CT molecular complexity index is 486. The molecule has 1 rings (SSSR count). The van der Waals surface area contributed by atoms with Gasteiger partial charge in [-0.2, -0.15) is 0 Å². The van der Waals surface area contributed by atoms with Gasteiger partial charge in [0.05, 0.1) is 24.9 Å². The van der Waals surface area contributed by atoms with E-state index in [0.29, 0.717) is 28.6 Å². The van der Waals surface area contributed by atoms with Gasteiger partial charge in [0.2, 0.25) is 0 Å². The molecule has 0 aliphatic heterocycles. The first-order chi connectivity index (χ1) is 9.41. The second-order valence-corrected chi connectivity index (χ2v) is 4.84. The smallest absolute Gasteiger partial charge is 0.256 e. The molecule has 5 nitrogen and oxygen atoms in total. The maximum absolute atomic E-state index is 12.3. The van der Waals surface area contributed by atoms with E-state index in [1.54, 1.807) is 19.1 Å². The van der Waals surface area contributed by atoms with E-state index in [2.05, 4.69) is 5.32 Å². The van der Waals surface area contributed by atoms with Crippen LogP contribution in [0.5, 0.6) is 11.5 Å². The van der Waals surface area contributed by atoms with Crippen molar-refractivity contribution in [3.05, 3.63) is 17.2 Å². The molecule has 0 spiro atoms. The van der Waals surface area contributed by atoms with E-state index in [1.165, 1.54) is 21.3 Å². The summed E-state index contributed by atoms with van der Waals surface area (Å²) in [4.78, 5) is 12.3. The molecule has 0 saturated carbocycles. The van der Waals surface area contributed by atoms with Crippen LogP contribution >= 0.6 is 11.6 Å². The summed E-state index contributed by atoms with van der Waals surface area (Å²) in [5.74, 6) is 0.655. The SMILES string of the molecule is CCC(C)(OC)C(=O)Nc1cc(OC)c(Cl)cc1OC. The molecule has 0 aromatic heterocycles. The number of halogens is 1. The molecular formula is C14H20ClNO4. The lowest BCUT2D eigenvalue weighted by atomic mass is 10.0. The van der Waals surface area contributed by atoms with Crippen LogP contribution in [-0.2, 0) is 9.53 Å². The largest absolute Gasteiger partial charge is 0.495 e. The lowest BCUT2D eigenvalue weighted by molar-refractivity contribution is -0.136. The summed E-state index contributed by atoms with van der Waals surface area (Å²) in [5.41, 5.74) is -0.423. The van der Waals surface area contributed by atoms with Crippen LogP contribution in [0.15, 0.2) is 12.1 Å². The Labute approximate surface area is 124 Å². The van der Waals surface area contributed by atoms with Crippen LogP contribution in [0.4, 0.5) is 5.69 Å². The highest BCUT2D eigenvalue weighted by Gasteiger charge is 2.31. The summed E-state index contributed by atoms with van der Waals surface area (Å²) in [6, 6.07) is 3.21. The molecule has 6 heteroatoms. The number of carbonyl (C=O) groups is 1. The summed E-state index contributed by atoms with van der Waals surface area (Å²) >= 11 is 6.02. The minimum atomic E-state index is -0.905. The number of nitrogens with one attached hydrogen (secondary N) is 1. The molecule has 112 valence electrons. The Morgan fingerprint density at radius 3 is 2.30 bits per heavy atom. The fraction of sp³-hybridized carbons (Fsp3) is 0.500. The third-order valence-electron chi connectivity index (χ3n) is 3.33. The van der Waals surface area contributed by atoms with E-state index in [9.17, 15) is 4.79 Å². The highest BCUT2D eigenvalue weighted by atomic mass is 35.5. The Kier molecular flexibility index (Phi) is 5.65. The van der Waals surface area contributed by atoms with Crippen molar-refractivity contribution in [3.8, 4) is 11.5 Å². The first-order valence-electron chi connectivity index (χ1n) is 6.20. The molecule has 1 unspecified atom stereocenters. The quantitative estimate of drug-likeness (QED) is 0.877. The lowest BCUT2D eigenvalue weighted by Gasteiger charge is -2.25. The molecule has 0 aliphatic rings. The fourth-order valence-electron chi connectivity index (χ4n) is 1.61. The van der Waals surface area contributed by atoms with E-state index < -0.39 is 5.60 Å². The summed E-state index contributed by atoms with van der Waals surface area (Å²) < 4.78 is 15.6. The molecule has 1 aromatic carbocycles. The van der Waals surface area contributed by atoms with Crippen LogP contribution < -0.4 is 14.8 Å². The Hall–Kier alpha value is -1.46. The number of methoxy groups -OCH3 is 3. The summed E-state index contributed by atoms with van der Waals surface area (Å²) in [6.45, 7) is 3.60. The molecule has 1 N–H and O–H groups in total. The fourth-order valence-corrected chi connectivity index (χ4v) is 1.84. The average molecular weight is 302 g/mol. The van der Waals surface area contributed by atoms with Crippen molar-refractivity contribution < 1.29 is 19.0 Å². The highest BCUT2D eigenvalue weighted by molar-refractivity contribution is 6.32. The van der Waals surface area contributed by atoms with E-state index in [0.717, 1.165) is 0 Å². The maximum Gasteiger partial charge on any atom is 0.256 e. The number of rotatable bonds is 6. The van der Waals surface area contributed by atoms with Crippen LogP contribution in [0.1, 0.15) is 20.3 Å². The van der Waals surface area contributed by atoms with Gasteiger partial charge in [0, 0.05) is 19.2 Å². The van der Waals surface area contributed by atoms with Crippen molar-refractivity contribution in [2.75, 3.05) is 26.6 Å². The Morgan fingerprint density at radius 1 is 1.25 bits per heavy atom. The van der Waals surface area contributed by atoms with Gasteiger partial charge in [-0.15, -0.1) is 0 Å². The van der Waals surface area contributed by atoms with Crippen molar-refractivity contribution in [1.29, 1.82) is 0 Å². The molecule has 0 aliphatic carbocycles. The van der Waals surface area contributed by atoms with Gasteiger partial charge in [0.15, 0.2) is 0 Å². The second kappa shape index (κ2) is 6.81. The van der Waals surface area contributed by atoms with Gasteiger partial charge in [0.1, 0.15) is 17.1 Å². The van der Waals surface area contributed by atoms with Crippen molar-refractivity contribution in [1.82, 2.24) is 0 Å². The third kappa shape index (κ3) is 3.35. The second-order valence-electron chi connectivity index (χ2n) is 4.43. The molecule has 0 radical (unpaired) electrons. The number of amides is 1. The van der Waals surface area contributed by atoms with Gasteiger partial charge in [-0.3, -0.25) is 4.79 Å². The van der Waals surface area contributed by atoms with E-state index in [4.69, 9.17) is 25.8 Å². The van der Waals surface area contributed by atoms with Crippen molar-refractivity contribution in [3.63, 3.8) is 0 Å². The Morgan fingerprint density at radius 2 is 1.85 bits per heavy atom. The normalized spacial score (nSPS) is 13.5. The van der Waals surface area contributed by atoms with Crippen LogP contribution in [0.2, 0.25) is 5.02 Å². The van der Waals surface area contributed by atoms with Gasteiger partial charge in [0.25, 0.3) is 5.91 Å². The number of carbonyl (C=O) groups excluding carboxylic acids is 1. The zero-order valence-corrected chi connectivity index (χ0v) is 13.1. The average Bonchev–Trinajstić information content (AvgIpc) is 2.47. The number of hydrogen-bond acceptors (Lipinski definition) is 4. The van der Waals surface area contributed by atoms with E-state index >= 15 is 0 Å². The molecule has 1 amide bonds. The van der Waals surface area contributed by atoms with Crippen LogP contribution in [0.25, 0.3) is 0 Å². The van der Waals surface area contributed by atoms with Gasteiger partial charge in [-0.1, -0.05) is 18.5 Å². The molecule has 0 fully saturated rings. The maximum atomic E-state index is 12.3. The lowest BCUT2D eigenvalue weighted by Crippen LogP contribution is -2.41. The molecule has 0 heterocycles. The molecule has 0 saturated heterocycles. The minimum Gasteiger partial charge on any atom is -0.495 e. The number of anilines is 1. The third-order valence-corrected chi connectivity index (χ3v) is 3.62. The predicted octanol–water partition coefficient (Wildman–Crippen LogP) is 3.11. The number of ether oxygens (including phenoxy) is 3. The predicted molar refractivity (Wildman–Crippen MR) is 78.9 cm³/mol. The molecule has 1 atom stereocenters. The van der Waals surface area contributed by atoms with Crippen LogP contribution in [0.3, 0.4) is 0 Å². The minimum absolute atomic E-state index is 0.259. The van der Waals surface area contributed by atoms with Crippen molar-refractivity contribution in [2.24, 2.45) is 0 Å². The zero-order chi connectivity index (χ0) is 15.3. The van der Waals surface area contributed by atoms with Gasteiger partial charge < -0.3 is 19.5 Å². The number of benzene rings is 1. The van der Waals surface area contributed by atoms with E-state index in [-0.39, 0.29) is 5.91 Å². The topological polar surface area (TPSA) is 56.8 Å².